The van der Waals surface area contributed by atoms with E-state index in [0.717, 1.165) is 12.4 Å². The number of nitrogens with zero attached hydrogens (tertiary/aromatic N) is 6. The van der Waals surface area contributed by atoms with E-state index < -0.39 is 0 Å². The molecule has 0 unspecified atom stereocenters. The van der Waals surface area contributed by atoms with Crippen molar-refractivity contribution >= 4 is 18.2 Å². The fourth-order valence-corrected chi connectivity index (χ4v) is 3.91. The number of fused-ring (bicyclic) bond motifs is 1. The second-order valence-corrected chi connectivity index (χ2v) is 6.84. The molecule has 2 aliphatic heterocycles. The van der Waals surface area contributed by atoms with E-state index in [1.807, 2.05) is 11.9 Å². The Morgan fingerprint density at radius 3 is 2.63 bits per heavy atom. The molecule has 0 aliphatic carbocycles. The Morgan fingerprint density at radius 2 is 2.07 bits per heavy atom. The van der Waals surface area contributed by atoms with Gasteiger partial charge in [0.1, 0.15) is 11.5 Å². The Bertz CT molecular complexity index is 798. The largest absolute Gasteiger partial charge is 0.483 e. The van der Waals surface area contributed by atoms with Crippen molar-refractivity contribution in [3.63, 3.8) is 0 Å². The highest BCUT2D eigenvalue weighted by molar-refractivity contribution is 5.92. The van der Waals surface area contributed by atoms with Crippen LogP contribution in [0.2, 0.25) is 0 Å². The van der Waals surface area contributed by atoms with Crippen LogP contribution in [0, 0.1) is 11.3 Å². The first-order valence-electron chi connectivity index (χ1n) is 8.50. The highest BCUT2D eigenvalue weighted by Gasteiger charge is 2.53. The number of hydrogen-bond acceptors (Lipinski definition) is 7. The lowest BCUT2D eigenvalue weighted by molar-refractivity contribution is -0.122. The van der Waals surface area contributed by atoms with Gasteiger partial charge in [0.25, 0.3) is 12.4 Å². The number of aliphatic hydroxyl groups excluding tert-OH is 1. The summed E-state index contributed by atoms with van der Waals surface area (Å²) in [6.07, 6.45) is 8.28. The Morgan fingerprint density at radius 1 is 1.30 bits per heavy atom. The first-order chi connectivity index (χ1) is 13.0. The Hall–Kier alpha value is -3.01. The third kappa shape index (κ3) is 3.47. The molecule has 144 valence electrons. The van der Waals surface area contributed by atoms with E-state index in [1.54, 1.807) is 35.7 Å². The van der Waals surface area contributed by atoms with Crippen molar-refractivity contribution in [1.82, 2.24) is 24.4 Å². The summed E-state index contributed by atoms with van der Waals surface area (Å²) in [5.41, 5.74) is 0.278. The van der Waals surface area contributed by atoms with Crippen LogP contribution in [0.3, 0.4) is 0 Å². The van der Waals surface area contributed by atoms with Gasteiger partial charge in [-0.15, -0.1) is 0 Å². The van der Waals surface area contributed by atoms with Crippen LogP contribution in [0.25, 0.3) is 0 Å². The molecule has 2 N–H and O–H groups in total. The first-order valence-corrected chi connectivity index (χ1v) is 8.50. The second-order valence-electron chi connectivity index (χ2n) is 6.84. The quantitative estimate of drug-likeness (QED) is 0.688. The number of aliphatic hydroxyl groups is 1. The maximum Gasteiger partial charge on any atom is 0.290 e. The lowest BCUT2D eigenvalue weighted by Crippen LogP contribution is -2.39. The van der Waals surface area contributed by atoms with Crippen molar-refractivity contribution in [3.8, 4) is 0 Å². The molecule has 0 radical (unpaired) electrons. The molecule has 1 amide bonds. The van der Waals surface area contributed by atoms with Crippen LogP contribution < -0.4 is 4.90 Å². The number of hydrogen-bond donors (Lipinski definition) is 2. The molecule has 0 saturated carbocycles. The SMILES string of the molecule is Cn1cncc1C(=O)N1C[C@@H]2CN(c3cnccn3)C[C@]2(CO)C1.O=CO. The standard InChI is InChI=1S/C16H20N6O2.CH2O2/c1-20-11-18-4-13(20)15(24)22-7-12-6-21(8-16(12,9-22)10-23)14-5-17-2-3-19-14;2-1-3/h2-5,11-12,23H,6-10H2,1H3;1H,(H,2,3)/t12-,16+;/m0./s1. The van der Waals surface area contributed by atoms with Crippen LogP contribution in [0.4, 0.5) is 5.82 Å². The van der Waals surface area contributed by atoms with E-state index in [4.69, 9.17) is 9.90 Å². The summed E-state index contributed by atoms with van der Waals surface area (Å²) in [7, 11) is 1.81. The monoisotopic (exact) mass is 374 g/mol. The van der Waals surface area contributed by atoms with Crippen molar-refractivity contribution in [2.24, 2.45) is 18.4 Å². The van der Waals surface area contributed by atoms with Gasteiger partial charge < -0.3 is 24.6 Å². The van der Waals surface area contributed by atoms with Gasteiger partial charge in [-0.3, -0.25) is 14.6 Å². The average Bonchev–Trinajstić information content (AvgIpc) is 3.34. The summed E-state index contributed by atoms with van der Waals surface area (Å²) in [5.74, 6) is 1.02. The number of carbonyl (C=O) groups is 2. The summed E-state index contributed by atoms with van der Waals surface area (Å²) in [6.45, 7) is 2.45. The van der Waals surface area contributed by atoms with Crippen molar-refractivity contribution in [3.05, 3.63) is 36.8 Å². The van der Waals surface area contributed by atoms with Gasteiger partial charge in [0.15, 0.2) is 0 Å². The van der Waals surface area contributed by atoms with Gasteiger partial charge in [0.2, 0.25) is 0 Å². The molecule has 0 aromatic carbocycles. The van der Waals surface area contributed by atoms with Gasteiger partial charge in [0, 0.05) is 57.0 Å². The zero-order valence-electron chi connectivity index (χ0n) is 15.0. The number of amides is 1. The minimum atomic E-state index is -0.300. The molecule has 4 heterocycles. The molecule has 10 nitrogen and oxygen atoms in total. The molecule has 0 bridgehead atoms. The van der Waals surface area contributed by atoms with Crippen LogP contribution in [-0.2, 0) is 11.8 Å². The smallest absolute Gasteiger partial charge is 0.290 e. The van der Waals surface area contributed by atoms with Crippen LogP contribution >= 0.6 is 0 Å². The number of aromatic nitrogens is 4. The van der Waals surface area contributed by atoms with Gasteiger partial charge in [-0.05, 0) is 0 Å². The molecule has 0 spiro atoms. The zero-order valence-corrected chi connectivity index (χ0v) is 15.0. The lowest BCUT2D eigenvalue weighted by atomic mass is 9.82. The Balaban J connectivity index is 0.000000659. The third-order valence-electron chi connectivity index (χ3n) is 5.27. The molecular formula is C17H22N6O4. The summed E-state index contributed by atoms with van der Waals surface area (Å²) >= 11 is 0. The summed E-state index contributed by atoms with van der Waals surface area (Å²) < 4.78 is 1.73. The molecule has 2 atom stereocenters. The number of likely N-dealkylation sites (tertiary alicyclic amines) is 1. The average molecular weight is 374 g/mol. The number of carboxylic acid groups (broad SMARTS) is 1. The van der Waals surface area contributed by atoms with Crippen molar-refractivity contribution in [1.29, 1.82) is 0 Å². The molecule has 4 rings (SSSR count). The van der Waals surface area contributed by atoms with Gasteiger partial charge in [0.05, 0.1) is 25.3 Å². The predicted octanol–water partition coefficient (Wildman–Crippen LogP) is -0.518. The van der Waals surface area contributed by atoms with Crippen LogP contribution in [0.1, 0.15) is 10.5 Å². The van der Waals surface area contributed by atoms with Crippen LogP contribution in [0.15, 0.2) is 31.1 Å². The van der Waals surface area contributed by atoms with Crippen molar-refractivity contribution in [2.45, 2.75) is 0 Å². The molecule has 2 aliphatic rings. The number of carbonyl (C=O) groups excluding carboxylic acids is 1. The van der Waals surface area contributed by atoms with E-state index >= 15 is 0 Å². The summed E-state index contributed by atoms with van der Waals surface area (Å²) in [6, 6.07) is 0. The number of aryl methyl sites for hydroxylation is 1. The zero-order chi connectivity index (χ0) is 19.4. The molecule has 2 fully saturated rings. The fraction of sp³-hybridized carbons (Fsp3) is 0.471. The van der Waals surface area contributed by atoms with Gasteiger partial charge in [-0.25, -0.2) is 9.97 Å². The fourth-order valence-electron chi connectivity index (χ4n) is 3.91. The minimum Gasteiger partial charge on any atom is -0.483 e. The number of rotatable bonds is 3. The van der Waals surface area contributed by atoms with Crippen molar-refractivity contribution < 1.29 is 19.8 Å². The highest BCUT2D eigenvalue weighted by atomic mass is 16.3. The number of imidazole rings is 1. The molecule has 2 saturated heterocycles. The lowest BCUT2D eigenvalue weighted by Gasteiger charge is -2.27. The van der Waals surface area contributed by atoms with Crippen LogP contribution in [-0.4, -0.2) is 79.8 Å². The second kappa shape index (κ2) is 7.70. The molecule has 2 aromatic rings. The van der Waals surface area contributed by atoms with Crippen LogP contribution in [0.5, 0.6) is 0 Å². The normalized spacial score (nSPS) is 23.6. The van der Waals surface area contributed by atoms with E-state index in [1.165, 1.54) is 0 Å². The molecule has 2 aromatic heterocycles. The minimum absolute atomic E-state index is 0.0247. The topological polar surface area (TPSA) is 125 Å². The highest BCUT2D eigenvalue weighted by Crippen LogP contribution is 2.43. The van der Waals surface area contributed by atoms with E-state index in [2.05, 4.69) is 19.9 Å². The van der Waals surface area contributed by atoms with E-state index in [0.29, 0.717) is 25.3 Å². The third-order valence-corrected chi connectivity index (χ3v) is 5.27. The van der Waals surface area contributed by atoms with E-state index in [9.17, 15) is 9.90 Å². The van der Waals surface area contributed by atoms with Crippen molar-refractivity contribution in [2.75, 3.05) is 37.7 Å². The summed E-state index contributed by atoms with van der Waals surface area (Å²) in [5, 5.41) is 16.9. The van der Waals surface area contributed by atoms with Gasteiger partial charge in [-0.1, -0.05) is 0 Å². The van der Waals surface area contributed by atoms with Gasteiger partial charge >= 0.3 is 0 Å². The Kier molecular flexibility index (Phi) is 5.36. The number of anilines is 1. The molecule has 27 heavy (non-hydrogen) atoms. The van der Waals surface area contributed by atoms with E-state index in [-0.39, 0.29) is 30.3 Å². The maximum atomic E-state index is 12.7. The Labute approximate surface area is 156 Å². The van der Waals surface area contributed by atoms with Gasteiger partial charge in [-0.2, -0.15) is 0 Å². The predicted molar refractivity (Wildman–Crippen MR) is 95.1 cm³/mol. The summed E-state index contributed by atoms with van der Waals surface area (Å²) in [4.78, 5) is 37.6. The molecular weight excluding hydrogens is 352 g/mol. The maximum absolute atomic E-state index is 12.7. The first kappa shape index (κ1) is 18.8. The molecule has 10 heteroatoms.